The van der Waals surface area contributed by atoms with Crippen molar-refractivity contribution >= 4 is 68.7 Å². The van der Waals surface area contributed by atoms with Crippen LogP contribution in [-0.4, -0.2) is 80.0 Å². The van der Waals surface area contributed by atoms with E-state index in [1.807, 2.05) is 66.5 Å². The first-order valence-electron chi connectivity index (χ1n) is 12.2. The highest BCUT2D eigenvalue weighted by atomic mass is 32.1. The minimum Gasteiger partial charge on any atom is -0.376 e. The average molecular weight is 534 g/mol. The number of hydrogen-bond donors (Lipinski definition) is 4. The number of rotatable bonds is 8. The molecule has 0 aliphatic carbocycles. The number of anilines is 6. The first kappa shape index (κ1) is 25.5. The number of nitrogens with one attached hydrogen (secondary N) is 4. The molecule has 4 aromatic rings. The van der Waals surface area contributed by atoms with Crippen molar-refractivity contribution in [1.82, 2.24) is 25.2 Å². The lowest BCUT2D eigenvalue weighted by atomic mass is 10.1. The van der Waals surface area contributed by atoms with Crippen LogP contribution in [0.15, 0.2) is 35.8 Å². The van der Waals surface area contributed by atoms with Crippen LogP contribution in [0, 0.1) is 0 Å². The summed E-state index contributed by atoms with van der Waals surface area (Å²) in [5.74, 6) is 0.849. The molecule has 0 unspecified atom stereocenters. The predicted molar refractivity (Wildman–Crippen MR) is 154 cm³/mol. The van der Waals surface area contributed by atoms with Crippen molar-refractivity contribution in [2.75, 3.05) is 68.8 Å². The van der Waals surface area contributed by atoms with Gasteiger partial charge in [-0.25, -0.2) is 0 Å². The van der Waals surface area contributed by atoms with Gasteiger partial charge in [0.1, 0.15) is 16.3 Å². The van der Waals surface area contributed by atoms with Crippen molar-refractivity contribution < 1.29 is 9.59 Å². The second kappa shape index (κ2) is 10.3. The van der Waals surface area contributed by atoms with E-state index in [1.54, 1.807) is 13.2 Å². The van der Waals surface area contributed by atoms with Crippen LogP contribution >= 0.6 is 11.3 Å². The van der Waals surface area contributed by atoms with Gasteiger partial charge in [-0.2, -0.15) is 9.97 Å². The first-order valence-corrected chi connectivity index (χ1v) is 13.1. The summed E-state index contributed by atoms with van der Waals surface area (Å²) < 4.78 is 0. The molecule has 0 radical (unpaired) electrons. The number of aromatic amines is 1. The Morgan fingerprint density at radius 1 is 1.11 bits per heavy atom. The molecule has 1 aliphatic heterocycles. The van der Waals surface area contributed by atoms with E-state index in [0.29, 0.717) is 41.1 Å². The molecule has 2 amide bonds. The molecule has 198 valence electrons. The van der Waals surface area contributed by atoms with Gasteiger partial charge in [0.15, 0.2) is 0 Å². The van der Waals surface area contributed by atoms with E-state index in [0.717, 1.165) is 34.4 Å². The highest BCUT2D eigenvalue weighted by Gasteiger charge is 2.27. The number of benzene rings is 1. The molecule has 38 heavy (non-hydrogen) atoms. The van der Waals surface area contributed by atoms with Gasteiger partial charge in [0.25, 0.3) is 5.91 Å². The number of H-pyrrole nitrogens is 1. The summed E-state index contributed by atoms with van der Waals surface area (Å²) in [7, 11) is 9.36. The van der Waals surface area contributed by atoms with Crippen molar-refractivity contribution in [2.24, 2.45) is 0 Å². The maximum absolute atomic E-state index is 12.9. The minimum atomic E-state index is -0.164. The number of carbonyl (C=O) groups is 2. The summed E-state index contributed by atoms with van der Waals surface area (Å²) in [6.07, 6.45) is 2.61. The number of nitrogens with zero attached hydrogens (tertiary/aromatic N) is 5. The van der Waals surface area contributed by atoms with Gasteiger partial charge in [0.2, 0.25) is 11.9 Å². The topological polar surface area (TPSA) is 122 Å². The lowest BCUT2D eigenvalue weighted by Gasteiger charge is -2.23. The minimum absolute atomic E-state index is 0.0653. The highest BCUT2D eigenvalue weighted by molar-refractivity contribution is 7.12. The van der Waals surface area contributed by atoms with Gasteiger partial charge in [-0.05, 0) is 55.7 Å². The third-order valence-corrected chi connectivity index (χ3v) is 7.25. The van der Waals surface area contributed by atoms with E-state index in [2.05, 4.69) is 32.0 Å². The molecule has 12 heteroatoms. The standard InChI is InChI=1S/C26H31N9O2S/c1-27-25(37)22-17(8-11-38-22)29-24-16-6-9-28-23(16)31-26(32-24)30-18-13-19-15(12-20(18)34(4)5)7-10-35(19)21(36)14-33(2)3/h6,8-9,11-13H,7,10,14H2,1-5H3,(H,27,37)(H3,28,29,30,31,32). The zero-order valence-corrected chi connectivity index (χ0v) is 22.9. The van der Waals surface area contributed by atoms with Crippen LogP contribution in [0.4, 0.5) is 34.5 Å². The zero-order chi connectivity index (χ0) is 27.0. The number of aromatic nitrogens is 3. The molecule has 0 spiro atoms. The van der Waals surface area contributed by atoms with Crippen molar-refractivity contribution in [3.8, 4) is 0 Å². The van der Waals surface area contributed by atoms with Crippen molar-refractivity contribution in [2.45, 2.75) is 6.42 Å². The SMILES string of the molecule is CNC(=O)c1sccc1Nc1nc(Nc2cc3c(cc2N(C)C)CCN3C(=O)CN(C)C)nc2[nH]ccc12. The number of thiophene rings is 1. The molecule has 1 aromatic carbocycles. The van der Waals surface area contributed by atoms with Gasteiger partial charge in [0, 0.05) is 39.6 Å². The quantitative estimate of drug-likeness (QED) is 0.272. The highest BCUT2D eigenvalue weighted by Crippen LogP contribution is 2.39. The van der Waals surface area contributed by atoms with Crippen LogP contribution in [-0.2, 0) is 11.2 Å². The Hall–Kier alpha value is -4.16. The Kier molecular flexibility index (Phi) is 6.91. The van der Waals surface area contributed by atoms with Crippen molar-refractivity contribution in [1.29, 1.82) is 0 Å². The smallest absolute Gasteiger partial charge is 0.263 e. The summed E-state index contributed by atoms with van der Waals surface area (Å²) >= 11 is 1.36. The molecule has 5 rings (SSSR count). The third kappa shape index (κ3) is 4.87. The van der Waals surface area contributed by atoms with Gasteiger partial charge in [-0.15, -0.1) is 11.3 Å². The van der Waals surface area contributed by atoms with E-state index in [-0.39, 0.29) is 11.8 Å². The molecule has 4 heterocycles. The van der Waals surface area contributed by atoms with Crippen LogP contribution in [0.1, 0.15) is 15.2 Å². The van der Waals surface area contributed by atoms with E-state index in [9.17, 15) is 9.59 Å². The largest absolute Gasteiger partial charge is 0.376 e. The fourth-order valence-electron chi connectivity index (χ4n) is 4.55. The first-order chi connectivity index (χ1) is 18.2. The van der Waals surface area contributed by atoms with Gasteiger partial charge >= 0.3 is 0 Å². The Morgan fingerprint density at radius 2 is 1.92 bits per heavy atom. The molecule has 1 aliphatic rings. The van der Waals surface area contributed by atoms with Crippen LogP contribution in [0.25, 0.3) is 11.0 Å². The zero-order valence-electron chi connectivity index (χ0n) is 22.0. The van der Waals surface area contributed by atoms with E-state index in [4.69, 9.17) is 4.98 Å². The van der Waals surface area contributed by atoms with Crippen LogP contribution in [0.5, 0.6) is 0 Å². The maximum atomic E-state index is 12.9. The van der Waals surface area contributed by atoms with E-state index < -0.39 is 0 Å². The normalized spacial score (nSPS) is 12.6. The molecule has 0 fully saturated rings. The lowest BCUT2D eigenvalue weighted by molar-refractivity contribution is -0.119. The van der Waals surface area contributed by atoms with E-state index in [1.165, 1.54) is 11.3 Å². The number of fused-ring (bicyclic) bond motifs is 2. The third-order valence-electron chi connectivity index (χ3n) is 6.34. The molecule has 4 N–H and O–H groups in total. The second-order valence-corrected chi connectivity index (χ2v) is 10.5. The Balaban J connectivity index is 1.52. The molecule has 11 nitrogen and oxygen atoms in total. The second-order valence-electron chi connectivity index (χ2n) is 9.55. The summed E-state index contributed by atoms with van der Waals surface area (Å²) in [4.78, 5) is 44.1. The number of likely N-dealkylation sites (N-methyl/N-ethyl adjacent to an activating group) is 1. The van der Waals surface area contributed by atoms with Gasteiger partial charge in [0.05, 0.1) is 29.0 Å². The predicted octanol–water partition coefficient (Wildman–Crippen LogP) is 3.38. The average Bonchev–Trinajstić information content (AvgIpc) is 3.62. The summed E-state index contributed by atoms with van der Waals surface area (Å²) in [6, 6.07) is 7.87. The van der Waals surface area contributed by atoms with Gasteiger partial charge in [-0.1, -0.05) is 0 Å². The monoisotopic (exact) mass is 533 g/mol. The Bertz CT molecular complexity index is 1510. The fourth-order valence-corrected chi connectivity index (χ4v) is 5.34. The molecule has 0 bridgehead atoms. The Morgan fingerprint density at radius 3 is 2.66 bits per heavy atom. The van der Waals surface area contributed by atoms with Gasteiger partial charge in [-0.3, -0.25) is 9.59 Å². The maximum Gasteiger partial charge on any atom is 0.263 e. The number of amides is 2. The van der Waals surface area contributed by atoms with Crippen LogP contribution in [0.3, 0.4) is 0 Å². The van der Waals surface area contributed by atoms with Crippen LogP contribution < -0.4 is 25.8 Å². The lowest BCUT2D eigenvalue weighted by Crippen LogP contribution is -2.36. The number of carbonyl (C=O) groups excluding carboxylic acids is 2. The summed E-state index contributed by atoms with van der Waals surface area (Å²) in [5, 5.41) is 12.0. The molecular weight excluding hydrogens is 502 g/mol. The summed E-state index contributed by atoms with van der Waals surface area (Å²) in [6.45, 7) is 1.01. The molecular formula is C26H31N9O2S. The molecule has 0 atom stereocenters. The molecule has 0 saturated carbocycles. The van der Waals surface area contributed by atoms with E-state index >= 15 is 0 Å². The number of hydrogen-bond acceptors (Lipinski definition) is 9. The summed E-state index contributed by atoms with van der Waals surface area (Å²) in [5.41, 5.74) is 5.11. The fraction of sp³-hybridized carbons (Fsp3) is 0.308. The Labute approximate surface area is 224 Å². The van der Waals surface area contributed by atoms with Crippen molar-refractivity contribution in [3.63, 3.8) is 0 Å². The van der Waals surface area contributed by atoms with Crippen molar-refractivity contribution in [3.05, 3.63) is 46.3 Å². The molecule has 0 saturated heterocycles. The van der Waals surface area contributed by atoms with Gasteiger partial charge < -0.3 is 35.6 Å². The van der Waals surface area contributed by atoms with Crippen LogP contribution in [0.2, 0.25) is 0 Å². The molecule has 3 aromatic heterocycles.